The first-order chi connectivity index (χ1) is 8.84. The standard InChI is InChI=1S/C12H14O6S/c1-17-6-7-5-9-8(12(13)14)3-4-10(11(9)18-7)19(2,15)16/h3-4,7H,5-6H2,1-2H3,(H,13,14). The molecule has 0 bridgehead atoms. The number of rotatable bonds is 4. The van der Waals surface area contributed by atoms with E-state index in [4.69, 9.17) is 14.6 Å². The van der Waals surface area contributed by atoms with Crippen LogP contribution in [0.4, 0.5) is 0 Å². The predicted molar refractivity (Wildman–Crippen MR) is 66.5 cm³/mol. The average molecular weight is 286 g/mol. The van der Waals surface area contributed by atoms with Gasteiger partial charge in [-0.15, -0.1) is 0 Å². The molecule has 1 aliphatic rings. The van der Waals surface area contributed by atoms with Gasteiger partial charge in [-0.1, -0.05) is 0 Å². The van der Waals surface area contributed by atoms with Crippen molar-refractivity contribution in [2.45, 2.75) is 17.4 Å². The SMILES string of the molecule is COCC1Cc2c(C(=O)O)ccc(S(C)(=O)=O)c2O1. The summed E-state index contributed by atoms with van der Waals surface area (Å²) in [5.74, 6) is -0.956. The summed E-state index contributed by atoms with van der Waals surface area (Å²) < 4.78 is 33.8. The Kier molecular flexibility index (Phi) is 3.51. The zero-order chi connectivity index (χ0) is 14.2. The molecule has 7 heteroatoms. The lowest BCUT2D eigenvalue weighted by Gasteiger charge is -2.10. The van der Waals surface area contributed by atoms with Crippen molar-refractivity contribution in [3.05, 3.63) is 23.3 Å². The largest absolute Gasteiger partial charge is 0.486 e. The van der Waals surface area contributed by atoms with E-state index in [-0.39, 0.29) is 28.9 Å². The average Bonchev–Trinajstić information content (AvgIpc) is 2.69. The summed E-state index contributed by atoms with van der Waals surface area (Å²) >= 11 is 0. The van der Waals surface area contributed by atoms with E-state index in [2.05, 4.69) is 0 Å². The first kappa shape index (κ1) is 13.8. The molecule has 19 heavy (non-hydrogen) atoms. The molecule has 6 nitrogen and oxygen atoms in total. The fourth-order valence-corrected chi connectivity index (χ4v) is 2.97. The number of aromatic carboxylic acids is 1. The van der Waals surface area contributed by atoms with Gasteiger partial charge in [-0.05, 0) is 12.1 Å². The number of hydrogen-bond acceptors (Lipinski definition) is 5. The minimum Gasteiger partial charge on any atom is -0.486 e. The molecule has 0 aliphatic carbocycles. The van der Waals surface area contributed by atoms with Gasteiger partial charge in [0.15, 0.2) is 9.84 Å². The summed E-state index contributed by atoms with van der Waals surface area (Å²) in [6.45, 7) is 0.275. The van der Waals surface area contributed by atoms with Crippen molar-refractivity contribution in [2.24, 2.45) is 0 Å². The van der Waals surface area contributed by atoms with Crippen LogP contribution in [0.5, 0.6) is 5.75 Å². The second-order valence-electron chi connectivity index (χ2n) is 4.40. The van der Waals surface area contributed by atoms with Crippen molar-refractivity contribution >= 4 is 15.8 Å². The van der Waals surface area contributed by atoms with Gasteiger partial charge < -0.3 is 14.6 Å². The Morgan fingerprint density at radius 2 is 2.21 bits per heavy atom. The molecule has 1 aliphatic heterocycles. The zero-order valence-corrected chi connectivity index (χ0v) is 11.4. The summed E-state index contributed by atoms with van der Waals surface area (Å²) in [5, 5.41) is 9.12. The third-order valence-electron chi connectivity index (χ3n) is 2.92. The molecule has 0 amide bonds. The number of hydrogen-bond donors (Lipinski definition) is 1. The van der Waals surface area contributed by atoms with Crippen molar-refractivity contribution in [3.63, 3.8) is 0 Å². The predicted octanol–water partition coefficient (Wildman–Crippen LogP) is 0.738. The number of sulfone groups is 1. The van der Waals surface area contributed by atoms with E-state index in [0.717, 1.165) is 6.26 Å². The van der Waals surface area contributed by atoms with Crippen LogP contribution in [0.3, 0.4) is 0 Å². The van der Waals surface area contributed by atoms with Gasteiger partial charge in [0.1, 0.15) is 16.7 Å². The fourth-order valence-electron chi connectivity index (χ4n) is 2.15. The molecule has 104 valence electrons. The number of carboxylic acids is 1. The maximum atomic E-state index is 11.7. The highest BCUT2D eigenvalue weighted by atomic mass is 32.2. The summed E-state index contributed by atoms with van der Waals surface area (Å²) in [6, 6.07) is 2.57. The molecule has 1 N–H and O–H groups in total. The number of methoxy groups -OCH3 is 1. The lowest BCUT2D eigenvalue weighted by atomic mass is 10.0. The second-order valence-corrected chi connectivity index (χ2v) is 6.38. The Hall–Kier alpha value is -1.60. The fraction of sp³-hybridized carbons (Fsp3) is 0.417. The van der Waals surface area contributed by atoms with Crippen LogP contribution in [0.25, 0.3) is 0 Å². The third-order valence-corrected chi connectivity index (χ3v) is 4.04. The third kappa shape index (κ3) is 2.57. The summed E-state index contributed by atoms with van der Waals surface area (Å²) in [7, 11) is -1.97. The second kappa shape index (κ2) is 4.82. The van der Waals surface area contributed by atoms with Crippen LogP contribution >= 0.6 is 0 Å². The number of carbonyl (C=O) groups is 1. The van der Waals surface area contributed by atoms with Crippen LogP contribution in [0.15, 0.2) is 17.0 Å². The lowest BCUT2D eigenvalue weighted by Crippen LogP contribution is -2.19. The molecule has 2 rings (SSSR count). The Morgan fingerprint density at radius 3 is 2.74 bits per heavy atom. The first-order valence-corrected chi connectivity index (χ1v) is 7.48. The van der Waals surface area contributed by atoms with Crippen molar-refractivity contribution < 1.29 is 27.8 Å². The summed E-state index contributed by atoms with van der Waals surface area (Å²) in [4.78, 5) is 11.2. The van der Waals surface area contributed by atoms with Crippen LogP contribution in [0.2, 0.25) is 0 Å². The topological polar surface area (TPSA) is 89.9 Å². The van der Waals surface area contributed by atoms with E-state index in [1.165, 1.54) is 19.2 Å². The van der Waals surface area contributed by atoms with Crippen LogP contribution in [0.1, 0.15) is 15.9 Å². The van der Waals surface area contributed by atoms with E-state index in [9.17, 15) is 13.2 Å². The van der Waals surface area contributed by atoms with Gasteiger partial charge in [0, 0.05) is 25.3 Å². The van der Waals surface area contributed by atoms with Gasteiger partial charge in [0.25, 0.3) is 0 Å². The molecule has 0 aromatic heterocycles. The van der Waals surface area contributed by atoms with Gasteiger partial charge >= 0.3 is 5.97 Å². The highest BCUT2D eigenvalue weighted by Gasteiger charge is 2.32. The molecule has 1 heterocycles. The maximum absolute atomic E-state index is 11.7. The minimum absolute atomic E-state index is 0.0195. The maximum Gasteiger partial charge on any atom is 0.336 e. The molecule has 0 radical (unpaired) electrons. The highest BCUT2D eigenvalue weighted by Crippen LogP contribution is 2.37. The monoisotopic (exact) mass is 286 g/mol. The van der Waals surface area contributed by atoms with Crippen molar-refractivity contribution in [1.82, 2.24) is 0 Å². The van der Waals surface area contributed by atoms with E-state index < -0.39 is 15.8 Å². The molecule has 0 spiro atoms. The molecule has 1 aromatic carbocycles. The molecular weight excluding hydrogens is 272 g/mol. The number of carboxylic acid groups (broad SMARTS) is 1. The Labute approximate surface area is 110 Å². The molecule has 0 saturated heterocycles. The zero-order valence-electron chi connectivity index (χ0n) is 10.5. The molecule has 0 saturated carbocycles. The number of benzene rings is 1. The van der Waals surface area contributed by atoms with E-state index in [0.29, 0.717) is 12.0 Å². The van der Waals surface area contributed by atoms with E-state index >= 15 is 0 Å². The quantitative estimate of drug-likeness (QED) is 0.878. The minimum atomic E-state index is -3.47. The molecule has 0 fully saturated rings. The van der Waals surface area contributed by atoms with Crippen LogP contribution < -0.4 is 4.74 Å². The van der Waals surface area contributed by atoms with Crippen molar-refractivity contribution in [3.8, 4) is 5.75 Å². The van der Waals surface area contributed by atoms with Crippen molar-refractivity contribution in [2.75, 3.05) is 20.0 Å². The van der Waals surface area contributed by atoms with Gasteiger partial charge in [0.2, 0.25) is 0 Å². The molecular formula is C12H14O6S. The first-order valence-electron chi connectivity index (χ1n) is 5.59. The Bertz CT molecular complexity index is 619. The number of fused-ring (bicyclic) bond motifs is 1. The van der Waals surface area contributed by atoms with E-state index in [1.807, 2.05) is 0 Å². The summed E-state index contributed by atoms with van der Waals surface area (Å²) in [6.07, 6.45) is 1.03. The lowest BCUT2D eigenvalue weighted by molar-refractivity contribution is 0.0695. The molecule has 1 aromatic rings. The van der Waals surface area contributed by atoms with Crippen LogP contribution in [-0.2, 0) is 21.0 Å². The van der Waals surface area contributed by atoms with Crippen molar-refractivity contribution in [1.29, 1.82) is 0 Å². The smallest absolute Gasteiger partial charge is 0.336 e. The van der Waals surface area contributed by atoms with Crippen LogP contribution in [0, 0.1) is 0 Å². The van der Waals surface area contributed by atoms with Gasteiger partial charge in [-0.2, -0.15) is 0 Å². The molecule has 1 atom stereocenters. The van der Waals surface area contributed by atoms with Gasteiger partial charge in [-0.25, -0.2) is 13.2 Å². The Morgan fingerprint density at radius 1 is 1.53 bits per heavy atom. The normalized spacial score (nSPS) is 17.9. The number of ether oxygens (including phenoxy) is 2. The highest BCUT2D eigenvalue weighted by molar-refractivity contribution is 7.90. The molecule has 1 unspecified atom stereocenters. The van der Waals surface area contributed by atoms with Gasteiger partial charge in [-0.3, -0.25) is 0 Å². The summed E-state index contributed by atoms with van der Waals surface area (Å²) in [5.41, 5.74) is 0.485. The van der Waals surface area contributed by atoms with E-state index in [1.54, 1.807) is 0 Å². The van der Waals surface area contributed by atoms with Crippen LogP contribution in [-0.4, -0.2) is 45.6 Å². The Balaban J connectivity index is 2.56. The van der Waals surface area contributed by atoms with Gasteiger partial charge in [0.05, 0.1) is 12.2 Å².